The van der Waals surface area contributed by atoms with E-state index in [-0.39, 0.29) is 11.9 Å². The number of rotatable bonds is 6. The molecule has 3 aromatic rings. The molecule has 1 aromatic heterocycles. The van der Waals surface area contributed by atoms with Crippen molar-refractivity contribution in [2.24, 2.45) is 0 Å². The Bertz CT molecular complexity index is 882. The number of benzene rings is 2. The average Bonchev–Trinajstić information content (AvgIpc) is 2.62. The second kappa shape index (κ2) is 8.11. The highest BCUT2D eigenvalue weighted by molar-refractivity contribution is 5.89. The van der Waals surface area contributed by atoms with E-state index in [0.717, 1.165) is 17.2 Å². The van der Waals surface area contributed by atoms with E-state index in [4.69, 9.17) is 0 Å². The molecule has 0 aliphatic rings. The summed E-state index contributed by atoms with van der Waals surface area (Å²) in [5.41, 5.74) is 2.74. The van der Waals surface area contributed by atoms with Crippen molar-refractivity contribution >= 4 is 28.9 Å². The molecule has 2 aromatic carbocycles. The lowest BCUT2D eigenvalue weighted by Crippen LogP contribution is -2.08. The predicted octanol–water partition coefficient (Wildman–Crippen LogP) is 4.35. The quantitative estimate of drug-likeness (QED) is 0.618. The van der Waals surface area contributed by atoms with Crippen LogP contribution in [-0.2, 0) is 4.79 Å². The van der Waals surface area contributed by atoms with Gasteiger partial charge in [-0.25, -0.2) is 9.97 Å². The highest BCUT2D eigenvalue weighted by atomic mass is 16.1. The van der Waals surface area contributed by atoms with Gasteiger partial charge in [0.15, 0.2) is 0 Å². The van der Waals surface area contributed by atoms with E-state index in [1.54, 1.807) is 0 Å². The van der Waals surface area contributed by atoms with Crippen molar-refractivity contribution in [2.75, 3.05) is 16.0 Å². The first kappa shape index (κ1) is 17.4. The van der Waals surface area contributed by atoms with E-state index in [2.05, 4.69) is 45.0 Å². The molecule has 0 bridgehead atoms. The van der Waals surface area contributed by atoms with Crippen LogP contribution in [0.5, 0.6) is 0 Å². The Morgan fingerprint density at radius 3 is 2.42 bits per heavy atom. The lowest BCUT2D eigenvalue weighted by atomic mass is 10.1. The fraction of sp³-hybridized carbons (Fsp3) is 0.150. The highest BCUT2D eigenvalue weighted by Gasteiger charge is 2.07. The molecule has 6 heteroatoms. The normalized spacial score (nSPS) is 11.5. The Labute approximate surface area is 152 Å². The molecule has 0 fully saturated rings. The van der Waals surface area contributed by atoms with Gasteiger partial charge in [0.05, 0.1) is 0 Å². The fourth-order valence-electron chi connectivity index (χ4n) is 2.58. The van der Waals surface area contributed by atoms with Gasteiger partial charge in [-0.1, -0.05) is 36.4 Å². The van der Waals surface area contributed by atoms with Crippen molar-refractivity contribution in [3.05, 3.63) is 72.6 Å². The Morgan fingerprint density at radius 2 is 1.65 bits per heavy atom. The minimum absolute atomic E-state index is 0.106. The van der Waals surface area contributed by atoms with E-state index in [0.29, 0.717) is 5.82 Å². The number of anilines is 4. The maximum absolute atomic E-state index is 11.2. The summed E-state index contributed by atoms with van der Waals surface area (Å²) < 4.78 is 0. The van der Waals surface area contributed by atoms with Crippen LogP contribution in [0.1, 0.15) is 25.5 Å². The molecule has 0 aliphatic heterocycles. The second-order valence-corrected chi connectivity index (χ2v) is 5.95. The first-order valence-electron chi connectivity index (χ1n) is 8.38. The fourth-order valence-corrected chi connectivity index (χ4v) is 2.58. The van der Waals surface area contributed by atoms with Crippen molar-refractivity contribution in [2.45, 2.75) is 19.9 Å². The smallest absolute Gasteiger partial charge is 0.221 e. The van der Waals surface area contributed by atoms with Crippen LogP contribution in [0, 0.1) is 0 Å². The van der Waals surface area contributed by atoms with E-state index in [9.17, 15) is 4.79 Å². The van der Waals surface area contributed by atoms with Crippen molar-refractivity contribution in [3.63, 3.8) is 0 Å². The standard InChI is InChI=1S/C20H21N5O/c1-14(16-7-4-3-5-8-16)23-19-12-20(22-13-21-19)25-18-10-6-9-17(11-18)24-15(2)26/h3-14H,1-2H3,(H,24,26)(H2,21,22,23,25). The van der Waals surface area contributed by atoms with Crippen molar-refractivity contribution < 1.29 is 4.79 Å². The Morgan fingerprint density at radius 1 is 0.923 bits per heavy atom. The van der Waals surface area contributed by atoms with Crippen LogP contribution >= 0.6 is 0 Å². The van der Waals surface area contributed by atoms with Crippen LogP contribution in [0.2, 0.25) is 0 Å². The molecule has 1 atom stereocenters. The molecule has 1 heterocycles. The highest BCUT2D eigenvalue weighted by Crippen LogP contribution is 2.22. The minimum Gasteiger partial charge on any atom is -0.363 e. The Kier molecular flexibility index (Phi) is 5.43. The van der Waals surface area contributed by atoms with E-state index in [1.165, 1.54) is 18.8 Å². The number of carbonyl (C=O) groups is 1. The lowest BCUT2D eigenvalue weighted by Gasteiger charge is -2.15. The molecule has 1 unspecified atom stereocenters. The summed E-state index contributed by atoms with van der Waals surface area (Å²) in [6, 6.07) is 19.6. The summed E-state index contributed by atoms with van der Waals surface area (Å²) in [4.78, 5) is 19.7. The molecule has 0 aliphatic carbocycles. The number of nitrogens with one attached hydrogen (secondary N) is 3. The van der Waals surface area contributed by atoms with Gasteiger partial charge in [-0.05, 0) is 30.7 Å². The van der Waals surface area contributed by atoms with Crippen molar-refractivity contribution in [1.29, 1.82) is 0 Å². The van der Waals surface area contributed by atoms with E-state index >= 15 is 0 Å². The van der Waals surface area contributed by atoms with Crippen molar-refractivity contribution in [3.8, 4) is 0 Å². The molecule has 0 spiro atoms. The van der Waals surface area contributed by atoms with Gasteiger partial charge in [0.2, 0.25) is 5.91 Å². The van der Waals surface area contributed by atoms with E-state index in [1.807, 2.05) is 48.5 Å². The monoisotopic (exact) mass is 347 g/mol. The zero-order chi connectivity index (χ0) is 18.4. The molecule has 0 saturated heterocycles. The number of amides is 1. The molecule has 0 radical (unpaired) electrons. The first-order valence-corrected chi connectivity index (χ1v) is 8.38. The SMILES string of the molecule is CC(=O)Nc1cccc(Nc2cc(NC(C)c3ccccc3)ncn2)c1. The third kappa shape index (κ3) is 4.80. The number of carbonyl (C=O) groups excluding carboxylic acids is 1. The summed E-state index contributed by atoms with van der Waals surface area (Å²) in [7, 11) is 0. The minimum atomic E-state index is -0.106. The zero-order valence-electron chi connectivity index (χ0n) is 14.7. The summed E-state index contributed by atoms with van der Waals surface area (Å²) >= 11 is 0. The summed E-state index contributed by atoms with van der Waals surface area (Å²) in [6.45, 7) is 3.57. The third-order valence-corrected chi connectivity index (χ3v) is 3.79. The molecule has 6 nitrogen and oxygen atoms in total. The van der Waals surface area contributed by atoms with Gasteiger partial charge < -0.3 is 16.0 Å². The van der Waals surface area contributed by atoms with Gasteiger partial charge >= 0.3 is 0 Å². The average molecular weight is 347 g/mol. The maximum atomic E-state index is 11.2. The van der Waals surface area contributed by atoms with Crippen LogP contribution in [0.25, 0.3) is 0 Å². The molecule has 3 rings (SSSR count). The molecule has 3 N–H and O–H groups in total. The summed E-state index contributed by atoms with van der Waals surface area (Å²) in [5, 5.41) is 9.36. The van der Waals surface area contributed by atoms with Gasteiger partial charge in [0.25, 0.3) is 0 Å². The van der Waals surface area contributed by atoms with Crippen LogP contribution in [-0.4, -0.2) is 15.9 Å². The third-order valence-electron chi connectivity index (χ3n) is 3.79. The predicted molar refractivity (Wildman–Crippen MR) is 105 cm³/mol. The first-order chi connectivity index (χ1) is 12.6. The molecule has 0 saturated carbocycles. The largest absolute Gasteiger partial charge is 0.363 e. The maximum Gasteiger partial charge on any atom is 0.221 e. The lowest BCUT2D eigenvalue weighted by molar-refractivity contribution is -0.114. The van der Waals surface area contributed by atoms with Gasteiger partial charge in [0, 0.05) is 30.4 Å². The Hall–Kier alpha value is -3.41. The topological polar surface area (TPSA) is 78.9 Å². The molecular formula is C20H21N5O. The van der Waals surface area contributed by atoms with Crippen LogP contribution in [0.15, 0.2) is 67.0 Å². The Balaban J connectivity index is 1.70. The number of hydrogen-bond donors (Lipinski definition) is 3. The van der Waals surface area contributed by atoms with Gasteiger partial charge in [-0.2, -0.15) is 0 Å². The zero-order valence-corrected chi connectivity index (χ0v) is 14.7. The number of hydrogen-bond acceptors (Lipinski definition) is 5. The molecule has 132 valence electrons. The molecule has 26 heavy (non-hydrogen) atoms. The van der Waals surface area contributed by atoms with Crippen molar-refractivity contribution in [1.82, 2.24) is 9.97 Å². The van der Waals surface area contributed by atoms with E-state index < -0.39 is 0 Å². The van der Waals surface area contributed by atoms with Crippen LogP contribution in [0.3, 0.4) is 0 Å². The second-order valence-electron chi connectivity index (χ2n) is 5.95. The van der Waals surface area contributed by atoms with Crippen LogP contribution in [0.4, 0.5) is 23.0 Å². The number of aromatic nitrogens is 2. The van der Waals surface area contributed by atoms with Gasteiger partial charge in [-0.15, -0.1) is 0 Å². The van der Waals surface area contributed by atoms with Crippen LogP contribution < -0.4 is 16.0 Å². The molecule has 1 amide bonds. The van der Waals surface area contributed by atoms with Gasteiger partial charge in [-0.3, -0.25) is 4.79 Å². The summed E-state index contributed by atoms with van der Waals surface area (Å²) in [6.07, 6.45) is 1.51. The summed E-state index contributed by atoms with van der Waals surface area (Å²) in [5.74, 6) is 1.30. The van der Waals surface area contributed by atoms with Gasteiger partial charge in [0.1, 0.15) is 18.0 Å². The number of nitrogens with zero attached hydrogens (tertiary/aromatic N) is 2. The molecular weight excluding hydrogens is 326 g/mol.